The number of benzene rings is 3. The second kappa shape index (κ2) is 9.82. The fraction of sp³-hybridized carbons (Fsp3) is 0.310. The first-order valence-electron chi connectivity index (χ1n) is 12.6. The van der Waals surface area contributed by atoms with Crippen molar-refractivity contribution in [3.8, 4) is 5.69 Å². The summed E-state index contributed by atoms with van der Waals surface area (Å²) in [7, 11) is 0. The van der Waals surface area contributed by atoms with Crippen LogP contribution in [0.5, 0.6) is 0 Å². The number of aromatic carboxylic acids is 1. The first-order valence-corrected chi connectivity index (χ1v) is 13.0. The largest absolute Gasteiger partial charge is 0.478 e. The summed E-state index contributed by atoms with van der Waals surface area (Å²) in [6.07, 6.45) is 2.25. The number of carboxylic acid groups (broad SMARTS) is 1. The van der Waals surface area contributed by atoms with Crippen LogP contribution in [0.2, 0.25) is 5.02 Å². The van der Waals surface area contributed by atoms with Gasteiger partial charge in [-0.25, -0.2) is 9.59 Å². The van der Waals surface area contributed by atoms with Gasteiger partial charge in [-0.05, 0) is 85.4 Å². The number of carbonyl (C=O) groups is 1. The molecule has 2 aliphatic heterocycles. The lowest BCUT2D eigenvalue weighted by Crippen LogP contribution is -2.51. The van der Waals surface area contributed by atoms with Gasteiger partial charge in [0.25, 0.3) is 0 Å². The summed E-state index contributed by atoms with van der Waals surface area (Å²) in [4.78, 5) is 27.7. The number of fused-ring (bicyclic) bond motifs is 1. The highest BCUT2D eigenvalue weighted by Gasteiger charge is 2.30. The molecule has 0 saturated carbocycles. The van der Waals surface area contributed by atoms with Crippen LogP contribution in [0, 0.1) is 0 Å². The van der Waals surface area contributed by atoms with Crippen LogP contribution in [0.1, 0.15) is 40.2 Å². The number of nitrogens with zero attached hydrogens (tertiary/aromatic N) is 3. The number of ether oxygens (including phenoxy) is 1. The summed E-state index contributed by atoms with van der Waals surface area (Å²) in [5, 5.41) is 9.91. The number of aromatic nitrogens is 2. The molecule has 0 atom stereocenters. The van der Waals surface area contributed by atoms with Crippen molar-refractivity contribution >= 4 is 28.6 Å². The maximum absolute atomic E-state index is 13.7. The number of halogens is 1. The molecule has 3 heterocycles. The normalized spacial score (nSPS) is 17.2. The maximum atomic E-state index is 13.7. The summed E-state index contributed by atoms with van der Waals surface area (Å²) >= 11 is 6.33. The quantitative estimate of drug-likeness (QED) is 0.398. The number of hydrogen-bond acceptors (Lipinski definition) is 4. The topological polar surface area (TPSA) is 76.7 Å². The van der Waals surface area contributed by atoms with E-state index in [0.717, 1.165) is 61.4 Å². The van der Waals surface area contributed by atoms with E-state index in [1.54, 1.807) is 39.5 Å². The molecule has 0 unspecified atom stereocenters. The van der Waals surface area contributed by atoms with E-state index >= 15 is 0 Å². The molecule has 0 aliphatic carbocycles. The minimum Gasteiger partial charge on any atom is -0.478 e. The zero-order chi connectivity index (χ0) is 25.5. The average molecular weight is 518 g/mol. The third-order valence-corrected chi connectivity index (χ3v) is 7.93. The summed E-state index contributed by atoms with van der Waals surface area (Å²) in [6, 6.07) is 21.0. The molecule has 37 heavy (non-hydrogen) atoms. The molecule has 0 radical (unpaired) electrons. The first kappa shape index (κ1) is 24.0. The van der Waals surface area contributed by atoms with Crippen molar-refractivity contribution in [3.63, 3.8) is 0 Å². The number of carboxylic acids is 1. The molecule has 0 bridgehead atoms. The highest BCUT2D eigenvalue weighted by Crippen LogP contribution is 2.31. The Labute approximate surface area is 219 Å². The van der Waals surface area contributed by atoms with E-state index in [-0.39, 0.29) is 17.8 Å². The predicted molar refractivity (Wildman–Crippen MR) is 143 cm³/mol. The summed E-state index contributed by atoms with van der Waals surface area (Å²) in [6.45, 7) is 4.16. The van der Waals surface area contributed by atoms with Crippen LogP contribution in [-0.2, 0) is 11.3 Å². The highest BCUT2D eigenvalue weighted by molar-refractivity contribution is 6.31. The number of likely N-dealkylation sites (tertiary alicyclic amines) is 1. The van der Waals surface area contributed by atoms with Crippen molar-refractivity contribution in [2.75, 3.05) is 26.3 Å². The van der Waals surface area contributed by atoms with Gasteiger partial charge in [-0.3, -0.25) is 14.0 Å². The van der Waals surface area contributed by atoms with Gasteiger partial charge >= 0.3 is 11.7 Å². The molecular weight excluding hydrogens is 490 g/mol. The van der Waals surface area contributed by atoms with E-state index in [2.05, 4.69) is 17.0 Å². The molecule has 1 N–H and O–H groups in total. The van der Waals surface area contributed by atoms with Gasteiger partial charge in [0.05, 0.1) is 48.1 Å². The van der Waals surface area contributed by atoms with Gasteiger partial charge in [-0.1, -0.05) is 35.9 Å². The van der Waals surface area contributed by atoms with Gasteiger partial charge in [0.1, 0.15) is 0 Å². The molecular formula is C29H28ClN3O4. The molecule has 2 aliphatic rings. The van der Waals surface area contributed by atoms with Crippen LogP contribution in [0.25, 0.3) is 16.7 Å². The van der Waals surface area contributed by atoms with Crippen LogP contribution in [0.3, 0.4) is 0 Å². The van der Waals surface area contributed by atoms with E-state index in [9.17, 15) is 14.7 Å². The fourth-order valence-corrected chi connectivity index (χ4v) is 5.71. The SMILES string of the molecule is O=C(O)c1cccc(Cn2c(=O)n(-c3ccc(C4CCN(C5COC5)CC4)cc3)c3cc(Cl)ccc32)c1. The van der Waals surface area contributed by atoms with Gasteiger partial charge in [0.15, 0.2) is 0 Å². The van der Waals surface area contributed by atoms with E-state index < -0.39 is 5.97 Å². The fourth-order valence-electron chi connectivity index (χ4n) is 5.55. The second-order valence-electron chi connectivity index (χ2n) is 9.94. The van der Waals surface area contributed by atoms with Crippen molar-refractivity contribution in [3.05, 3.63) is 98.9 Å². The Morgan fingerprint density at radius 1 is 0.973 bits per heavy atom. The zero-order valence-corrected chi connectivity index (χ0v) is 21.1. The lowest BCUT2D eigenvalue weighted by atomic mass is 9.88. The molecule has 6 rings (SSSR count). The molecule has 0 spiro atoms. The molecule has 8 heteroatoms. The lowest BCUT2D eigenvalue weighted by molar-refractivity contribution is -0.0712. The standard InChI is InChI=1S/C29H28ClN3O4/c30-23-6-9-26-27(15-23)33(29(36)32(26)16-19-2-1-3-22(14-19)28(34)35)24-7-4-20(5-8-24)21-10-12-31(13-11-21)25-17-37-18-25/h1-9,14-15,21,25H,10-13,16-18H2,(H,34,35). The van der Waals surface area contributed by atoms with Crippen LogP contribution in [0.4, 0.5) is 0 Å². The summed E-state index contributed by atoms with van der Waals surface area (Å²) < 4.78 is 8.70. The molecule has 3 aromatic carbocycles. The van der Waals surface area contributed by atoms with Gasteiger partial charge < -0.3 is 9.84 Å². The molecule has 1 aromatic heterocycles. The Balaban J connectivity index is 1.31. The van der Waals surface area contributed by atoms with Crippen LogP contribution >= 0.6 is 11.6 Å². The molecule has 0 amide bonds. The predicted octanol–water partition coefficient (Wildman–Crippen LogP) is 4.77. The van der Waals surface area contributed by atoms with E-state index in [1.165, 1.54) is 5.56 Å². The Morgan fingerprint density at radius 2 is 1.73 bits per heavy atom. The second-order valence-corrected chi connectivity index (χ2v) is 10.4. The smallest absolute Gasteiger partial charge is 0.335 e. The monoisotopic (exact) mass is 517 g/mol. The van der Waals surface area contributed by atoms with Gasteiger partial charge in [0, 0.05) is 5.02 Å². The highest BCUT2D eigenvalue weighted by atomic mass is 35.5. The van der Waals surface area contributed by atoms with Crippen LogP contribution in [0.15, 0.2) is 71.5 Å². The van der Waals surface area contributed by atoms with E-state index in [4.69, 9.17) is 16.3 Å². The van der Waals surface area contributed by atoms with E-state index in [1.807, 2.05) is 24.3 Å². The first-order chi connectivity index (χ1) is 18.0. The van der Waals surface area contributed by atoms with Crippen LogP contribution < -0.4 is 5.69 Å². The third kappa shape index (κ3) is 4.59. The molecule has 2 saturated heterocycles. The lowest BCUT2D eigenvalue weighted by Gasteiger charge is -2.41. The number of piperidine rings is 1. The van der Waals surface area contributed by atoms with Crippen molar-refractivity contribution in [2.24, 2.45) is 0 Å². The minimum absolute atomic E-state index is 0.193. The minimum atomic E-state index is -0.994. The Kier molecular flexibility index (Phi) is 6.36. The molecule has 4 aromatic rings. The van der Waals surface area contributed by atoms with Crippen molar-refractivity contribution in [1.29, 1.82) is 0 Å². The van der Waals surface area contributed by atoms with E-state index in [0.29, 0.717) is 17.0 Å². The number of imidazole rings is 1. The Hall–Kier alpha value is -3.39. The molecule has 190 valence electrons. The molecule has 2 fully saturated rings. The zero-order valence-electron chi connectivity index (χ0n) is 20.3. The maximum Gasteiger partial charge on any atom is 0.335 e. The van der Waals surface area contributed by atoms with Crippen molar-refractivity contribution < 1.29 is 14.6 Å². The number of hydrogen-bond donors (Lipinski definition) is 1. The number of rotatable bonds is 6. The Bertz CT molecular complexity index is 1510. The van der Waals surface area contributed by atoms with Gasteiger partial charge in [-0.15, -0.1) is 0 Å². The third-order valence-electron chi connectivity index (χ3n) is 7.70. The Morgan fingerprint density at radius 3 is 2.41 bits per heavy atom. The molecule has 7 nitrogen and oxygen atoms in total. The van der Waals surface area contributed by atoms with Gasteiger partial charge in [-0.2, -0.15) is 0 Å². The van der Waals surface area contributed by atoms with Crippen LogP contribution in [-0.4, -0.2) is 57.5 Å². The van der Waals surface area contributed by atoms with Crippen molar-refractivity contribution in [1.82, 2.24) is 14.0 Å². The van der Waals surface area contributed by atoms with Crippen molar-refractivity contribution in [2.45, 2.75) is 31.3 Å². The average Bonchev–Trinajstić information content (AvgIpc) is 3.14. The summed E-state index contributed by atoms with van der Waals surface area (Å²) in [5.41, 5.74) is 4.28. The van der Waals surface area contributed by atoms with Gasteiger partial charge in [0.2, 0.25) is 0 Å². The summed E-state index contributed by atoms with van der Waals surface area (Å²) in [5.74, 6) is -0.480.